The molecule has 2 rings (SSSR count). The molecule has 0 aromatic carbocycles. The number of aromatic amines is 1. The molecular weight excluding hydrogens is 310 g/mol. The second-order valence-electron chi connectivity index (χ2n) is 4.06. The second-order valence-corrected chi connectivity index (χ2v) is 4.06. The van der Waals surface area contributed by atoms with Gasteiger partial charge in [0, 0.05) is 0 Å². The number of fused-ring (bicyclic) bond motifs is 1. The van der Waals surface area contributed by atoms with Crippen LogP contribution in [0, 0.1) is 0 Å². The Balaban J connectivity index is 2.40. The van der Waals surface area contributed by atoms with Gasteiger partial charge in [0.05, 0.1) is 12.5 Å². The average molecular weight is 323 g/mol. The first kappa shape index (κ1) is 16.0. The monoisotopic (exact) mass is 323 g/mol. The SMILES string of the molecule is O=C(O)c1[nH]c(C(=O)O)c2c1O/C=C\CO/C=C\O/C=C\CO2. The van der Waals surface area contributed by atoms with Gasteiger partial charge in [-0.15, -0.1) is 0 Å². The van der Waals surface area contributed by atoms with Crippen LogP contribution in [-0.4, -0.2) is 40.3 Å². The van der Waals surface area contributed by atoms with E-state index in [1.807, 2.05) is 0 Å². The van der Waals surface area contributed by atoms with E-state index >= 15 is 0 Å². The standard InChI is InChI=1S/C14H13NO8/c16-13(17)9-11-12(10(15-9)14(18)19)23-6-2-4-21-8-7-20-3-1-5-22-11/h1-3,6-8,15H,4-5H2,(H,16,17)(H,18,19)/b3-1-,6-2-,8-7-. The maximum Gasteiger partial charge on any atom is 0.356 e. The van der Waals surface area contributed by atoms with Crippen molar-refractivity contribution in [1.29, 1.82) is 0 Å². The molecule has 0 amide bonds. The van der Waals surface area contributed by atoms with E-state index in [4.69, 9.17) is 29.2 Å². The molecule has 0 radical (unpaired) electrons. The lowest BCUT2D eigenvalue weighted by Gasteiger charge is -2.06. The Morgan fingerprint density at radius 2 is 1.61 bits per heavy atom. The topological polar surface area (TPSA) is 127 Å². The van der Waals surface area contributed by atoms with Crippen molar-refractivity contribution >= 4 is 11.9 Å². The van der Waals surface area contributed by atoms with Crippen LogP contribution >= 0.6 is 0 Å². The summed E-state index contributed by atoms with van der Waals surface area (Å²) in [5.41, 5.74) is -0.862. The smallest absolute Gasteiger partial charge is 0.356 e. The van der Waals surface area contributed by atoms with E-state index in [1.165, 1.54) is 37.2 Å². The fourth-order valence-electron chi connectivity index (χ4n) is 1.63. The van der Waals surface area contributed by atoms with Crippen LogP contribution in [0.1, 0.15) is 21.0 Å². The van der Waals surface area contributed by atoms with Crippen molar-refractivity contribution in [3.63, 3.8) is 0 Å². The molecule has 0 saturated heterocycles. The number of carboxylic acids is 2. The first-order valence-corrected chi connectivity index (χ1v) is 6.35. The highest BCUT2D eigenvalue weighted by Crippen LogP contribution is 2.36. The van der Waals surface area contributed by atoms with Crippen LogP contribution in [0.2, 0.25) is 0 Å². The van der Waals surface area contributed by atoms with Crippen LogP contribution in [0.5, 0.6) is 11.5 Å². The zero-order valence-corrected chi connectivity index (χ0v) is 11.7. The quantitative estimate of drug-likeness (QED) is 0.750. The Morgan fingerprint density at radius 1 is 0.913 bits per heavy atom. The maximum atomic E-state index is 11.2. The van der Waals surface area contributed by atoms with E-state index in [9.17, 15) is 9.59 Å². The van der Waals surface area contributed by atoms with Crippen molar-refractivity contribution in [3.8, 4) is 11.5 Å². The highest BCUT2D eigenvalue weighted by molar-refractivity contribution is 5.97. The van der Waals surface area contributed by atoms with Gasteiger partial charge in [-0.1, -0.05) is 0 Å². The summed E-state index contributed by atoms with van der Waals surface area (Å²) in [5, 5.41) is 18.3. The second kappa shape index (κ2) is 7.59. The number of hydrogen-bond donors (Lipinski definition) is 3. The number of ether oxygens (including phenoxy) is 4. The number of carbonyl (C=O) groups is 2. The number of carboxylic acid groups (broad SMARTS) is 2. The largest absolute Gasteiger partial charge is 0.494 e. The van der Waals surface area contributed by atoms with E-state index in [-0.39, 0.29) is 24.7 Å². The van der Waals surface area contributed by atoms with Crippen LogP contribution in [0.4, 0.5) is 0 Å². The van der Waals surface area contributed by atoms with Gasteiger partial charge in [-0.3, -0.25) is 0 Å². The number of aromatic carboxylic acids is 2. The third-order valence-corrected chi connectivity index (χ3v) is 2.54. The number of hydrogen-bond acceptors (Lipinski definition) is 6. The minimum absolute atomic E-state index is 0.0635. The average Bonchev–Trinajstić information content (AvgIpc) is 2.87. The van der Waals surface area contributed by atoms with Crippen LogP contribution in [0.3, 0.4) is 0 Å². The van der Waals surface area contributed by atoms with E-state index < -0.39 is 23.3 Å². The molecule has 23 heavy (non-hydrogen) atoms. The molecule has 1 aromatic heterocycles. The van der Waals surface area contributed by atoms with Crippen LogP contribution in [0.15, 0.2) is 37.2 Å². The van der Waals surface area contributed by atoms with Gasteiger partial charge in [0.25, 0.3) is 0 Å². The molecule has 2 heterocycles. The van der Waals surface area contributed by atoms with Crippen molar-refractivity contribution in [2.24, 2.45) is 0 Å². The molecule has 3 N–H and O–H groups in total. The first-order chi connectivity index (χ1) is 11.1. The molecule has 0 aliphatic carbocycles. The maximum absolute atomic E-state index is 11.2. The van der Waals surface area contributed by atoms with E-state index in [0.717, 1.165) is 0 Å². The summed E-state index contributed by atoms with van der Waals surface area (Å²) in [7, 11) is 0. The molecule has 9 nitrogen and oxygen atoms in total. The van der Waals surface area contributed by atoms with Crippen molar-refractivity contribution in [3.05, 3.63) is 48.6 Å². The van der Waals surface area contributed by atoms with Gasteiger partial charge in [0.15, 0.2) is 17.1 Å². The van der Waals surface area contributed by atoms with Crippen molar-refractivity contribution in [2.45, 2.75) is 0 Å². The fraction of sp³-hybridized carbons (Fsp3) is 0.143. The van der Waals surface area contributed by atoms with Crippen LogP contribution in [-0.2, 0) is 9.47 Å². The Bertz CT molecular complexity index is 671. The minimum atomic E-state index is -1.38. The molecule has 1 aliphatic heterocycles. The molecule has 1 aliphatic rings. The summed E-state index contributed by atoms with van der Waals surface area (Å²) in [4.78, 5) is 24.7. The summed E-state index contributed by atoms with van der Waals surface area (Å²) in [6.45, 7) is 0.0738. The highest BCUT2D eigenvalue weighted by atomic mass is 16.5. The normalized spacial score (nSPS) is 18.6. The molecule has 1 aromatic rings. The van der Waals surface area contributed by atoms with Crippen molar-refractivity contribution < 1.29 is 38.7 Å². The van der Waals surface area contributed by atoms with Gasteiger partial charge in [-0.05, 0) is 12.2 Å². The summed E-state index contributed by atoms with van der Waals surface area (Å²) in [5.74, 6) is -3.23. The molecule has 0 bridgehead atoms. The Kier molecular flexibility index (Phi) is 5.29. The number of aromatic nitrogens is 1. The Morgan fingerprint density at radius 3 is 2.35 bits per heavy atom. The van der Waals surface area contributed by atoms with Crippen molar-refractivity contribution in [1.82, 2.24) is 4.98 Å². The van der Waals surface area contributed by atoms with Gasteiger partial charge in [-0.25, -0.2) is 9.59 Å². The molecule has 122 valence electrons. The molecule has 9 heteroatoms. The predicted octanol–water partition coefficient (Wildman–Crippen LogP) is 1.71. The number of H-pyrrole nitrogens is 1. The van der Waals surface area contributed by atoms with Crippen molar-refractivity contribution in [2.75, 3.05) is 13.2 Å². The van der Waals surface area contributed by atoms with Crippen LogP contribution < -0.4 is 9.47 Å². The van der Waals surface area contributed by atoms with Gasteiger partial charge in [0.1, 0.15) is 25.7 Å². The molecule has 0 spiro atoms. The lowest BCUT2D eigenvalue weighted by atomic mass is 10.3. The molecule has 0 atom stereocenters. The summed E-state index contributed by atoms with van der Waals surface area (Å²) < 4.78 is 20.5. The van der Waals surface area contributed by atoms with Crippen LogP contribution in [0.25, 0.3) is 0 Å². The van der Waals surface area contributed by atoms with E-state index in [0.29, 0.717) is 0 Å². The third kappa shape index (κ3) is 4.06. The molecular formula is C14H13NO8. The minimum Gasteiger partial charge on any atom is -0.494 e. The lowest BCUT2D eigenvalue weighted by Crippen LogP contribution is -2.03. The van der Waals surface area contributed by atoms with Gasteiger partial charge in [-0.2, -0.15) is 0 Å². The van der Waals surface area contributed by atoms with Gasteiger partial charge < -0.3 is 34.1 Å². The highest BCUT2D eigenvalue weighted by Gasteiger charge is 2.28. The molecule has 0 saturated carbocycles. The Hall–Kier alpha value is -3.36. The van der Waals surface area contributed by atoms with E-state index in [1.54, 1.807) is 0 Å². The van der Waals surface area contributed by atoms with Gasteiger partial charge >= 0.3 is 11.9 Å². The lowest BCUT2D eigenvalue weighted by molar-refractivity contribution is 0.0686. The van der Waals surface area contributed by atoms with Gasteiger partial charge in [0.2, 0.25) is 5.75 Å². The molecule has 0 fully saturated rings. The summed E-state index contributed by atoms with van der Waals surface area (Å²) in [6.07, 6.45) is 7.99. The molecule has 0 unspecified atom stereocenters. The zero-order valence-electron chi connectivity index (χ0n) is 11.7. The Labute approximate surface area is 130 Å². The number of rotatable bonds is 2. The zero-order chi connectivity index (χ0) is 16.7. The van der Waals surface area contributed by atoms with E-state index in [2.05, 4.69) is 4.98 Å². The summed E-state index contributed by atoms with van der Waals surface area (Å²) >= 11 is 0. The number of nitrogens with one attached hydrogen (secondary N) is 1. The predicted molar refractivity (Wildman–Crippen MR) is 75.3 cm³/mol. The third-order valence-electron chi connectivity index (χ3n) is 2.54. The first-order valence-electron chi connectivity index (χ1n) is 6.35. The summed E-state index contributed by atoms with van der Waals surface area (Å²) in [6, 6.07) is 0. The fourth-order valence-corrected chi connectivity index (χ4v) is 1.63.